The van der Waals surface area contributed by atoms with Crippen molar-refractivity contribution in [1.29, 1.82) is 0 Å². The van der Waals surface area contributed by atoms with Gasteiger partial charge in [-0.2, -0.15) is 0 Å². The van der Waals surface area contributed by atoms with E-state index >= 15 is 0 Å². The van der Waals surface area contributed by atoms with E-state index in [-0.39, 0.29) is 18.4 Å². The Morgan fingerprint density at radius 3 is 2.72 bits per heavy atom. The Labute approximate surface area is 183 Å². The number of esters is 2. The summed E-state index contributed by atoms with van der Waals surface area (Å²) in [4.78, 5) is 29.3. The third kappa shape index (κ3) is 3.83. The maximum absolute atomic E-state index is 12.6. The number of rotatable bonds is 4. The first-order chi connectivity index (χ1) is 15.6. The fraction of sp³-hybridized carbons (Fsp3) is 0.0800. The molecule has 32 heavy (non-hydrogen) atoms. The van der Waals surface area contributed by atoms with Gasteiger partial charge in [0.1, 0.15) is 5.75 Å². The summed E-state index contributed by atoms with van der Waals surface area (Å²) in [5.74, 6) is 0.571. The first kappa shape index (κ1) is 19.6. The van der Waals surface area contributed by atoms with Crippen LogP contribution in [0.15, 0.2) is 77.4 Å². The van der Waals surface area contributed by atoms with Crippen LogP contribution < -0.4 is 14.2 Å². The lowest BCUT2D eigenvalue weighted by Crippen LogP contribution is -2.09. The van der Waals surface area contributed by atoms with Gasteiger partial charge in [-0.15, -0.1) is 0 Å². The molecule has 3 aromatic carbocycles. The highest BCUT2D eigenvalue weighted by molar-refractivity contribution is 6.13. The number of fused-ring (bicyclic) bond motifs is 1. The van der Waals surface area contributed by atoms with E-state index in [1.165, 1.54) is 6.08 Å². The van der Waals surface area contributed by atoms with Gasteiger partial charge in [-0.1, -0.05) is 35.9 Å². The molecule has 0 saturated carbocycles. The summed E-state index contributed by atoms with van der Waals surface area (Å²) in [6.07, 6.45) is 1.53. The number of ether oxygens (including phenoxy) is 4. The minimum Gasteiger partial charge on any atom is -0.454 e. The van der Waals surface area contributed by atoms with Gasteiger partial charge < -0.3 is 18.9 Å². The van der Waals surface area contributed by atoms with Crippen molar-refractivity contribution in [3.05, 3.63) is 94.7 Å². The minimum atomic E-state index is -0.600. The van der Waals surface area contributed by atoms with Crippen LogP contribution in [0.5, 0.6) is 17.2 Å². The van der Waals surface area contributed by atoms with Gasteiger partial charge in [-0.05, 0) is 49.4 Å². The van der Waals surface area contributed by atoms with Crippen LogP contribution in [-0.2, 0) is 9.53 Å². The Kier molecular flexibility index (Phi) is 4.91. The molecular weight excluding hydrogens is 410 g/mol. The molecule has 0 N–H and O–H groups in total. The summed E-state index contributed by atoms with van der Waals surface area (Å²) >= 11 is 0. The molecule has 0 fully saturated rings. The highest BCUT2D eigenvalue weighted by Crippen LogP contribution is 2.34. The van der Waals surface area contributed by atoms with Crippen LogP contribution >= 0.6 is 0 Å². The molecule has 7 nitrogen and oxygen atoms in total. The summed E-state index contributed by atoms with van der Waals surface area (Å²) in [5.41, 5.74) is 2.60. The van der Waals surface area contributed by atoms with E-state index in [9.17, 15) is 9.59 Å². The fourth-order valence-electron chi connectivity index (χ4n) is 3.33. The largest absolute Gasteiger partial charge is 0.454 e. The number of para-hydroxylation sites is 1. The van der Waals surface area contributed by atoms with Crippen molar-refractivity contribution in [3.8, 4) is 17.2 Å². The molecule has 2 aliphatic heterocycles. The second-order valence-corrected chi connectivity index (χ2v) is 7.20. The summed E-state index contributed by atoms with van der Waals surface area (Å²) in [5, 5.41) is 0. The molecule has 0 amide bonds. The van der Waals surface area contributed by atoms with Gasteiger partial charge >= 0.3 is 11.9 Å². The second kappa shape index (κ2) is 8.03. The standard InChI is InChI=1S/C25H17NO6/c1-15-5-4-7-18(11-15)24(27)31-20-8-3-2-6-16(20)12-19-25(28)32-23(26-19)17-9-10-21-22(13-17)30-14-29-21/h2-13H,14H2,1H3/b19-12+. The SMILES string of the molecule is Cc1cccc(C(=O)Oc2ccccc2/C=C2/N=C(c3ccc4c(c3)OCO4)OC2=O)c1. The normalized spacial score (nSPS) is 15.5. The molecule has 0 bridgehead atoms. The average Bonchev–Trinajstić information content (AvgIpc) is 3.41. The number of cyclic esters (lactones) is 1. The van der Waals surface area contributed by atoms with Gasteiger partial charge in [0.05, 0.1) is 5.56 Å². The smallest absolute Gasteiger partial charge is 0.363 e. The van der Waals surface area contributed by atoms with E-state index in [1.54, 1.807) is 60.7 Å². The van der Waals surface area contributed by atoms with Crippen LogP contribution in [0.1, 0.15) is 27.0 Å². The quantitative estimate of drug-likeness (QED) is 0.351. The number of aryl methyl sites for hydroxylation is 1. The van der Waals surface area contributed by atoms with E-state index in [0.29, 0.717) is 33.9 Å². The maximum Gasteiger partial charge on any atom is 0.363 e. The second-order valence-electron chi connectivity index (χ2n) is 7.20. The molecule has 0 unspecified atom stereocenters. The minimum absolute atomic E-state index is 0.0942. The first-order valence-electron chi connectivity index (χ1n) is 9.87. The van der Waals surface area contributed by atoms with Gasteiger partial charge in [-0.3, -0.25) is 0 Å². The Balaban J connectivity index is 1.42. The van der Waals surface area contributed by atoms with Crippen LogP contribution in [0.2, 0.25) is 0 Å². The van der Waals surface area contributed by atoms with Crippen LogP contribution in [0.25, 0.3) is 6.08 Å². The average molecular weight is 427 g/mol. The third-order valence-corrected chi connectivity index (χ3v) is 4.91. The Morgan fingerprint density at radius 1 is 1.00 bits per heavy atom. The predicted octanol–water partition coefficient (Wildman–Crippen LogP) is 4.29. The number of benzene rings is 3. The Bertz CT molecular complexity index is 1310. The Hall–Kier alpha value is -4.39. The molecule has 0 radical (unpaired) electrons. The molecular formula is C25H17NO6. The molecule has 7 heteroatoms. The lowest BCUT2D eigenvalue weighted by Gasteiger charge is -2.08. The highest BCUT2D eigenvalue weighted by Gasteiger charge is 2.26. The summed E-state index contributed by atoms with van der Waals surface area (Å²) in [6.45, 7) is 2.05. The first-order valence-corrected chi connectivity index (χ1v) is 9.87. The van der Waals surface area contributed by atoms with Crippen molar-refractivity contribution in [3.63, 3.8) is 0 Å². The van der Waals surface area contributed by atoms with Gasteiger partial charge in [0.2, 0.25) is 12.7 Å². The van der Waals surface area contributed by atoms with Gasteiger partial charge in [0.25, 0.3) is 0 Å². The number of nitrogens with zero attached hydrogens (tertiary/aromatic N) is 1. The monoisotopic (exact) mass is 427 g/mol. The highest BCUT2D eigenvalue weighted by atomic mass is 16.7. The molecule has 0 aliphatic carbocycles. The molecule has 0 atom stereocenters. The zero-order valence-corrected chi connectivity index (χ0v) is 17.0. The molecule has 2 heterocycles. The maximum atomic E-state index is 12.6. The molecule has 5 rings (SSSR count). The van der Waals surface area contributed by atoms with E-state index in [0.717, 1.165) is 5.56 Å². The number of carbonyl (C=O) groups excluding carboxylic acids is 2. The molecule has 0 saturated heterocycles. The van der Waals surface area contributed by atoms with Crippen LogP contribution in [0.3, 0.4) is 0 Å². The van der Waals surface area contributed by atoms with Crippen LogP contribution in [-0.4, -0.2) is 24.6 Å². The van der Waals surface area contributed by atoms with Gasteiger partial charge in [-0.25, -0.2) is 14.6 Å². The fourth-order valence-corrected chi connectivity index (χ4v) is 3.33. The Morgan fingerprint density at radius 2 is 1.84 bits per heavy atom. The predicted molar refractivity (Wildman–Crippen MR) is 116 cm³/mol. The summed E-state index contributed by atoms with van der Waals surface area (Å²) in [6, 6.07) is 19.2. The van der Waals surface area contributed by atoms with Crippen molar-refractivity contribution in [2.24, 2.45) is 4.99 Å². The summed E-state index contributed by atoms with van der Waals surface area (Å²) in [7, 11) is 0. The van der Waals surface area contributed by atoms with Crippen LogP contribution in [0.4, 0.5) is 0 Å². The number of hydrogen-bond donors (Lipinski definition) is 0. The topological polar surface area (TPSA) is 83.4 Å². The van der Waals surface area contributed by atoms with Gasteiger partial charge in [0.15, 0.2) is 17.2 Å². The van der Waals surface area contributed by atoms with Crippen molar-refractivity contribution >= 4 is 23.9 Å². The number of aliphatic imine (C=N–C) groups is 1. The van der Waals surface area contributed by atoms with E-state index in [2.05, 4.69) is 4.99 Å². The zero-order valence-electron chi connectivity index (χ0n) is 17.0. The van der Waals surface area contributed by atoms with Crippen LogP contribution in [0, 0.1) is 6.92 Å². The van der Waals surface area contributed by atoms with Gasteiger partial charge in [0, 0.05) is 11.1 Å². The number of carbonyl (C=O) groups is 2. The molecule has 2 aliphatic rings. The van der Waals surface area contributed by atoms with Crippen molar-refractivity contribution in [1.82, 2.24) is 0 Å². The molecule has 3 aromatic rings. The number of hydrogen-bond acceptors (Lipinski definition) is 7. The lowest BCUT2D eigenvalue weighted by molar-refractivity contribution is -0.129. The molecule has 0 aromatic heterocycles. The molecule has 0 spiro atoms. The van der Waals surface area contributed by atoms with Crippen molar-refractivity contribution in [2.45, 2.75) is 6.92 Å². The van der Waals surface area contributed by atoms with Crippen molar-refractivity contribution < 1.29 is 28.5 Å². The lowest BCUT2D eigenvalue weighted by atomic mass is 10.1. The molecule has 158 valence electrons. The summed E-state index contributed by atoms with van der Waals surface area (Å²) < 4.78 is 21.6. The third-order valence-electron chi connectivity index (χ3n) is 4.91. The van der Waals surface area contributed by atoms with E-state index in [1.807, 2.05) is 13.0 Å². The van der Waals surface area contributed by atoms with E-state index < -0.39 is 11.9 Å². The zero-order chi connectivity index (χ0) is 22.1. The van der Waals surface area contributed by atoms with Crippen molar-refractivity contribution in [2.75, 3.05) is 6.79 Å². The van der Waals surface area contributed by atoms with E-state index in [4.69, 9.17) is 18.9 Å².